The zero-order valence-electron chi connectivity index (χ0n) is 51.4. The van der Waals surface area contributed by atoms with Crippen molar-refractivity contribution in [3.63, 3.8) is 0 Å². The number of allylic oxidation sites excluding steroid dienone is 2. The molecule has 0 unspecified atom stereocenters. The molecule has 0 aliphatic rings. The van der Waals surface area contributed by atoms with Gasteiger partial charge in [0.05, 0.1) is 0 Å². The molecule has 0 saturated carbocycles. The third kappa shape index (κ3) is 19.4. The standard InChI is InChI=1S/C70H68F12O12/c1-7-55(91-59(83)63(87-3,67(71,72)73)51-37-25-21-26-38-51)45-33-17-13-9-11-15-19-35-47-57(93-61(85)65(89-5,69(77,78)79)53-41-29-23-30-42-53)49-50-58(94-62(86)66(90-6,70(80,81)82)54-43-31-24-32-44-54)48-36-20-16-12-10-14-18-34-46-56(8-2)92-60(84)64(88-4,68(74,75)76)52-39-27-22-28-40-52/h1-2,21-34,37-46,49-50,55-58H,9-20H2,3-6H3/b45-33+,46-34+,50-49-/t55-,56-,57-,58-,63+,64+,65+,66+/m1/s1. The minimum absolute atomic E-state index is 0.0342. The predicted molar refractivity (Wildman–Crippen MR) is 320 cm³/mol. The van der Waals surface area contributed by atoms with Gasteiger partial charge in [0.1, 0.15) is 0 Å². The van der Waals surface area contributed by atoms with Crippen LogP contribution in [0.5, 0.6) is 0 Å². The fourth-order valence-corrected chi connectivity index (χ4v) is 9.48. The highest BCUT2D eigenvalue weighted by Gasteiger charge is 2.67. The highest BCUT2D eigenvalue weighted by Crippen LogP contribution is 2.47. The maximum atomic E-state index is 15.1. The molecule has 0 amide bonds. The molecule has 0 spiro atoms. The average molecular weight is 1330 g/mol. The van der Waals surface area contributed by atoms with E-state index >= 15 is 26.3 Å². The minimum Gasteiger partial charge on any atom is -0.442 e. The van der Waals surface area contributed by atoms with Crippen LogP contribution in [0.3, 0.4) is 0 Å². The van der Waals surface area contributed by atoms with E-state index in [1.54, 1.807) is 0 Å². The SMILES string of the molecule is C#C[C@H](/C=C/CCCCCCC#C[C@H](/C=C\[C@@H](C#CCCCCCC/C=C/[C@@H](C#C)OC(=O)[C@@](OC)(c1ccccc1)C(F)(F)F)OC(=O)[C@@](OC)(c1ccccc1)C(F)(F)F)OC(=O)[C@@](OC)(c1ccccc1)C(F)(F)F)OC(=O)[C@@](OC)(c1ccccc1)C(F)(F)F. The second kappa shape index (κ2) is 36.0. The van der Waals surface area contributed by atoms with Crippen LogP contribution < -0.4 is 0 Å². The summed E-state index contributed by atoms with van der Waals surface area (Å²) in [7, 11) is 2.65. The van der Waals surface area contributed by atoms with Gasteiger partial charge < -0.3 is 37.9 Å². The van der Waals surface area contributed by atoms with Crippen LogP contribution in [0.15, 0.2) is 158 Å². The first-order valence-corrected chi connectivity index (χ1v) is 29.0. The van der Waals surface area contributed by atoms with Crippen molar-refractivity contribution in [1.82, 2.24) is 0 Å². The Bertz CT molecular complexity index is 3150. The van der Waals surface area contributed by atoms with Crippen LogP contribution in [0, 0.1) is 48.4 Å². The Morgan fingerprint density at radius 3 is 0.819 bits per heavy atom. The largest absolute Gasteiger partial charge is 0.442 e. The van der Waals surface area contributed by atoms with Gasteiger partial charge in [-0.1, -0.05) is 195 Å². The maximum Gasteiger partial charge on any atom is 0.432 e. The van der Waals surface area contributed by atoms with E-state index in [9.17, 15) is 45.5 Å². The quantitative estimate of drug-likeness (QED) is 0.0115. The van der Waals surface area contributed by atoms with E-state index < -0.39 is 118 Å². The Balaban J connectivity index is 1.54. The summed E-state index contributed by atoms with van der Waals surface area (Å²) in [6.07, 6.45) is -5.78. The zero-order valence-corrected chi connectivity index (χ0v) is 51.4. The number of alkyl halides is 12. The van der Waals surface area contributed by atoms with E-state index in [0.29, 0.717) is 92.6 Å². The van der Waals surface area contributed by atoms with Gasteiger partial charge in [-0.3, -0.25) is 0 Å². The molecule has 0 radical (unpaired) electrons. The van der Waals surface area contributed by atoms with Crippen LogP contribution in [0.2, 0.25) is 0 Å². The van der Waals surface area contributed by atoms with Gasteiger partial charge in [0.25, 0.3) is 22.4 Å². The first-order valence-electron chi connectivity index (χ1n) is 29.0. The van der Waals surface area contributed by atoms with Crippen LogP contribution in [-0.2, 0) is 79.5 Å². The molecule has 4 aromatic rings. The molecule has 4 aromatic carbocycles. The van der Waals surface area contributed by atoms with E-state index in [4.69, 9.17) is 50.7 Å². The van der Waals surface area contributed by atoms with Gasteiger partial charge in [-0.05, 0) is 62.8 Å². The van der Waals surface area contributed by atoms with E-state index in [0.717, 1.165) is 60.7 Å². The number of rotatable bonds is 32. The summed E-state index contributed by atoms with van der Waals surface area (Å²) < 4.78 is 217. The molecule has 0 heterocycles. The van der Waals surface area contributed by atoms with Crippen molar-refractivity contribution in [3.8, 4) is 48.4 Å². The molecule has 0 N–H and O–H groups in total. The summed E-state index contributed by atoms with van der Waals surface area (Å²) in [5.41, 5.74) is -16.8. The lowest BCUT2D eigenvalue weighted by atomic mass is 9.92. The minimum atomic E-state index is -5.46. The van der Waals surface area contributed by atoms with Crippen molar-refractivity contribution in [1.29, 1.82) is 0 Å². The van der Waals surface area contributed by atoms with Crippen molar-refractivity contribution in [2.24, 2.45) is 0 Å². The first-order chi connectivity index (χ1) is 44.6. The molecule has 4 rings (SSSR count). The molecule has 24 heteroatoms. The second-order valence-corrected chi connectivity index (χ2v) is 20.4. The lowest BCUT2D eigenvalue weighted by Gasteiger charge is -2.33. The molecular formula is C70H68F12O12. The van der Waals surface area contributed by atoms with Crippen molar-refractivity contribution in [2.75, 3.05) is 28.4 Å². The number of hydrogen-bond donors (Lipinski definition) is 0. The number of halogens is 12. The highest BCUT2D eigenvalue weighted by atomic mass is 19.4. The normalized spacial score (nSPS) is 15.9. The van der Waals surface area contributed by atoms with E-state index in [1.165, 1.54) is 97.1 Å². The number of hydrogen-bond acceptors (Lipinski definition) is 12. The fourth-order valence-electron chi connectivity index (χ4n) is 9.48. The highest BCUT2D eigenvalue weighted by molar-refractivity contribution is 5.85. The summed E-state index contributed by atoms with van der Waals surface area (Å²) in [4.78, 5) is 53.9. The van der Waals surface area contributed by atoms with Gasteiger partial charge in [0.15, 0.2) is 24.4 Å². The van der Waals surface area contributed by atoms with Crippen molar-refractivity contribution in [2.45, 2.75) is 149 Å². The first kappa shape index (κ1) is 77.7. The van der Waals surface area contributed by atoms with Crippen LogP contribution in [0.1, 0.15) is 99.3 Å². The molecule has 0 aliphatic heterocycles. The Kier molecular flexibility index (Phi) is 29.8. The van der Waals surface area contributed by atoms with Crippen LogP contribution in [-0.4, -0.2) is 101 Å². The Labute approximate surface area is 537 Å². The third-order valence-electron chi connectivity index (χ3n) is 14.4. The number of carbonyl (C=O) groups is 4. The topological polar surface area (TPSA) is 142 Å². The average Bonchev–Trinajstić information content (AvgIpc) is 0.787. The van der Waals surface area contributed by atoms with Crippen molar-refractivity contribution in [3.05, 3.63) is 180 Å². The summed E-state index contributed by atoms with van der Waals surface area (Å²) in [6.45, 7) is 0. The molecule has 94 heavy (non-hydrogen) atoms. The predicted octanol–water partition coefficient (Wildman–Crippen LogP) is 14.7. The van der Waals surface area contributed by atoms with Gasteiger partial charge in [0.2, 0.25) is 0 Å². The lowest BCUT2D eigenvalue weighted by Crippen LogP contribution is -2.52. The fraction of sp³-hybridized carbons (Fsp3) is 0.400. The molecule has 8 atom stereocenters. The summed E-state index contributed by atoms with van der Waals surface area (Å²) in [5, 5.41) is 0. The van der Waals surface area contributed by atoms with Gasteiger partial charge in [0, 0.05) is 63.5 Å². The molecule has 12 nitrogen and oxygen atoms in total. The Morgan fingerprint density at radius 2 is 0.596 bits per heavy atom. The summed E-state index contributed by atoms with van der Waals surface area (Å²) >= 11 is 0. The molecule has 0 fully saturated rings. The van der Waals surface area contributed by atoms with Crippen molar-refractivity contribution >= 4 is 23.9 Å². The lowest BCUT2D eigenvalue weighted by molar-refractivity contribution is -0.277. The van der Waals surface area contributed by atoms with Crippen molar-refractivity contribution < 1.29 is 110 Å². The summed E-state index contributed by atoms with van der Waals surface area (Å²) in [6, 6.07) is 23.7. The van der Waals surface area contributed by atoms with Crippen LogP contribution in [0.4, 0.5) is 52.7 Å². The van der Waals surface area contributed by atoms with Crippen LogP contribution in [0.25, 0.3) is 0 Å². The molecule has 0 saturated heterocycles. The number of ether oxygens (including phenoxy) is 8. The van der Waals surface area contributed by atoms with Gasteiger partial charge >= 0.3 is 48.6 Å². The molecule has 0 aliphatic carbocycles. The monoisotopic (exact) mass is 1330 g/mol. The second-order valence-electron chi connectivity index (χ2n) is 20.4. The van der Waals surface area contributed by atoms with Gasteiger partial charge in [-0.2, -0.15) is 52.7 Å². The van der Waals surface area contributed by atoms with Gasteiger partial charge in [-0.25, -0.2) is 19.2 Å². The van der Waals surface area contributed by atoms with E-state index in [2.05, 4.69) is 35.5 Å². The third-order valence-corrected chi connectivity index (χ3v) is 14.4. The Hall–Kier alpha value is -8.78. The van der Waals surface area contributed by atoms with E-state index in [1.807, 2.05) is 0 Å². The van der Waals surface area contributed by atoms with Crippen LogP contribution >= 0.6 is 0 Å². The molecule has 0 bridgehead atoms. The molecular weight excluding hydrogens is 1260 g/mol. The number of methoxy groups -OCH3 is 4. The molecule has 504 valence electrons. The number of carbonyl (C=O) groups excluding carboxylic acids is 4. The number of esters is 4. The number of terminal acetylenes is 2. The molecule has 0 aromatic heterocycles. The summed E-state index contributed by atoms with van der Waals surface area (Å²) in [5.74, 6) is 7.15. The number of unbranched alkanes of at least 4 members (excludes halogenated alkanes) is 10. The smallest absolute Gasteiger partial charge is 0.432 e. The van der Waals surface area contributed by atoms with E-state index in [-0.39, 0.29) is 12.8 Å². The zero-order chi connectivity index (χ0) is 69.7. The Morgan fingerprint density at radius 1 is 0.362 bits per heavy atom. The van der Waals surface area contributed by atoms with Gasteiger partial charge in [-0.15, -0.1) is 12.8 Å². The maximum absolute atomic E-state index is 15.1. The number of benzene rings is 4.